The summed E-state index contributed by atoms with van der Waals surface area (Å²) in [5.41, 5.74) is 2.10. The maximum atomic E-state index is 12.3. The lowest BCUT2D eigenvalue weighted by atomic mass is 10.1. The summed E-state index contributed by atoms with van der Waals surface area (Å²) in [6, 6.07) is 12.7. The van der Waals surface area contributed by atoms with Gasteiger partial charge in [0.25, 0.3) is 5.69 Å². The van der Waals surface area contributed by atoms with Crippen LogP contribution in [0.5, 0.6) is 5.75 Å². The van der Waals surface area contributed by atoms with Gasteiger partial charge in [-0.15, -0.1) is 0 Å². The molecule has 0 saturated heterocycles. The molecule has 0 unspecified atom stereocenters. The molecule has 0 aliphatic carbocycles. The molecule has 8 heteroatoms. The van der Waals surface area contributed by atoms with Gasteiger partial charge in [0.2, 0.25) is 0 Å². The highest BCUT2D eigenvalue weighted by atomic mass is 16.6. The number of benzene rings is 2. The van der Waals surface area contributed by atoms with Gasteiger partial charge in [0, 0.05) is 35.1 Å². The van der Waals surface area contributed by atoms with E-state index in [9.17, 15) is 14.9 Å². The summed E-state index contributed by atoms with van der Waals surface area (Å²) < 4.78 is 5.38. The van der Waals surface area contributed by atoms with Gasteiger partial charge in [-0.2, -0.15) is 0 Å². The van der Waals surface area contributed by atoms with E-state index in [0.717, 1.165) is 5.69 Å². The molecule has 1 heterocycles. The van der Waals surface area contributed by atoms with E-state index >= 15 is 0 Å². The van der Waals surface area contributed by atoms with Gasteiger partial charge in [-0.1, -0.05) is 6.07 Å². The molecule has 0 fully saturated rings. The smallest absolute Gasteiger partial charge is 0.343 e. The highest BCUT2D eigenvalue weighted by Crippen LogP contribution is 2.23. The van der Waals surface area contributed by atoms with E-state index in [4.69, 9.17) is 4.74 Å². The van der Waals surface area contributed by atoms with Crippen LogP contribution in [-0.4, -0.2) is 20.9 Å². The molecule has 0 atom stereocenters. The van der Waals surface area contributed by atoms with Crippen molar-refractivity contribution in [3.8, 4) is 5.75 Å². The van der Waals surface area contributed by atoms with Crippen LogP contribution < -0.4 is 10.1 Å². The summed E-state index contributed by atoms with van der Waals surface area (Å²) >= 11 is 0. The number of hydrogen-bond acceptors (Lipinski definition) is 7. The van der Waals surface area contributed by atoms with Gasteiger partial charge in [-0.05, 0) is 38.1 Å². The molecule has 3 rings (SSSR count). The maximum Gasteiger partial charge on any atom is 0.343 e. The van der Waals surface area contributed by atoms with E-state index in [-0.39, 0.29) is 11.3 Å². The van der Waals surface area contributed by atoms with E-state index in [2.05, 4.69) is 15.3 Å². The Balaban J connectivity index is 1.75. The molecule has 0 amide bonds. The standard InChI is InChI=1S/C19H16N4O4/c1-12-8-14(6-7-17(12)23(25)26)19(24)27-16-5-3-4-15(10-16)22-18-9-13(2)20-11-21-18/h3-11H,1-2H3,(H,20,21,22). The third-order valence-corrected chi connectivity index (χ3v) is 3.75. The molecule has 0 spiro atoms. The monoisotopic (exact) mass is 364 g/mol. The minimum atomic E-state index is -0.594. The normalized spacial score (nSPS) is 10.3. The van der Waals surface area contributed by atoms with Gasteiger partial charge in [0.15, 0.2) is 0 Å². The molecule has 8 nitrogen and oxygen atoms in total. The number of carbonyl (C=O) groups excluding carboxylic acids is 1. The van der Waals surface area contributed by atoms with Crippen molar-refractivity contribution >= 4 is 23.2 Å². The molecule has 1 aromatic heterocycles. The van der Waals surface area contributed by atoms with Crippen molar-refractivity contribution in [1.82, 2.24) is 9.97 Å². The largest absolute Gasteiger partial charge is 0.423 e. The minimum Gasteiger partial charge on any atom is -0.423 e. The molecule has 0 aliphatic heterocycles. The molecule has 0 bridgehead atoms. The van der Waals surface area contributed by atoms with Crippen molar-refractivity contribution in [2.45, 2.75) is 13.8 Å². The van der Waals surface area contributed by atoms with Crippen molar-refractivity contribution in [3.63, 3.8) is 0 Å². The van der Waals surface area contributed by atoms with Crippen molar-refractivity contribution in [2.75, 3.05) is 5.32 Å². The summed E-state index contributed by atoms with van der Waals surface area (Å²) in [6.07, 6.45) is 1.46. The SMILES string of the molecule is Cc1cc(Nc2cccc(OC(=O)c3ccc([N+](=O)[O-])c(C)c3)c2)ncn1. The first kappa shape index (κ1) is 18.0. The van der Waals surface area contributed by atoms with E-state index in [1.165, 1.54) is 24.5 Å². The molecular weight excluding hydrogens is 348 g/mol. The van der Waals surface area contributed by atoms with Gasteiger partial charge >= 0.3 is 5.97 Å². The van der Waals surface area contributed by atoms with Crippen LogP contribution in [0.4, 0.5) is 17.2 Å². The fourth-order valence-electron chi connectivity index (χ4n) is 2.46. The quantitative estimate of drug-likeness (QED) is 0.316. The lowest BCUT2D eigenvalue weighted by Gasteiger charge is -2.09. The molecule has 1 N–H and O–H groups in total. The Morgan fingerprint density at radius 2 is 1.93 bits per heavy atom. The van der Waals surface area contributed by atoms with E-state index in [1.807, 2.05) is 13.0 Å². The molecule has 0 radical (unpaired) electrons. The summed E-state index contributed by atoms with van der Waals surface area (Å²) in [6.45, 7) is 3.43. The van der Waals surface area contributed by atoms with Crippen LogP contribution in [0.25, 0.3) is 0 Å². The highest BCUT2D eigenvalue weighted by molar-refractivity contribution is 5.91. The number of nitrogens with one attached hydrogen (secondary N) is 1. The highest BCUT2D eigenvalue weighted by Gasteiger charge is 2.15. The second-order valence-corrected chi connectivity index (χ2v) is 5.85. The molecule has 3 aromatic rings. The molecular formula is C19H16N4O4. The van der Waals surface area contributed by atoms with Gasteiger partial charge in [-0.3, -0.25) is 10.1 Å². The number of aryl methyl sites for hydroxylation is 2. The number of nitro benzene ring substituents is 1. The van der Waals surface area contributed by atoms with Crippen molar-refractivity contribution in [3.05, 3.63) is 81.8 Å². The van der Waals surface area contributed by atoms with Crippen LogP contribution in [0.2, 0.25) is 0 Å². The van der Waals surface area contributed by atoms with Gasteiger partial charge in [-0.25, -0.2) is 14.8 Å². The topological polar surface area (TPSA) is 107 Å². The molecule has 0 aliphatic rings. The fraction of sp³-hybridized carbons (Fsp3) is 0.105. The summed E-state index contributed by atoms with van der Waals surface area (Å²) in [5.74, 6) is 0.367. The van der Waals surface area contributed by atoms with Crippen LogP contribution in [0.1, 0.15) is 21.6 Å². The summed E-state index contributed by atoms with van der Waals surface area (Å²) in [5, 5.41) is 14.0. The van der Waals surface area contributed by atoms with E-state index < -0.39 is 10.9 Å². The minimum absolute atomic E-state index is 0.0436. The Morgan fingerprint density at radius 1 is 1.11 bits per heavy atom. The summed E-state index contributed by atoms with van der Waals surface area (Å²) in [7, 11) is 0. The number of aromatic nitrogens is 2. The van der Waals surface area contributed by atoms with Crippen LogP contribution >= 0.6 is 0 Å². The molecule has 2 aromatic carbocycles. The average Bonchev–Trinajstić information content (AvgIpc) is 2.61. The zero-order valence-corrected chi connectivity index (χ0v) is 14.7. The van der Waals surface area contributed by atoms with Crippen molar-refractivity contribution in [2.24, 2.45) is 0 Å². The van der Waals surface area contributed by atoms with Crippen LogP contribution in [0, 0.1) is 24.0 Å². The number of nitrogens with zero attached hydrogens (tertiary/aromatic N) is 3. The Hall–Kier alpha value is -3.81. The first-order valence-corrected chi connectivity index (χ1v) is 8.05. The van der Waals surface area contributed by atoms with Crippen LogP contribution in [-0.2, 0) is 0 Å². The van der Waals surface area contributed by atoms with Crippen molar-refractivity contribution < 1.29 is 14.5 Å². The Kier molecular flexibility index (Phi) is 5.07. The zero-order chi connectivity index (χ0) is 19.4. The summed E-state index contributed by atoms with van der Waals surface area (Å²) in [4.78, 5) is 30.9. The average molecular weight is 364 g/mol. The Labute approximate surface area is 155 Å². The molecule has 136 valence electrons. The Morgan fingerprint density at radius 3 is 2.63 bits per heavy atom. The number of rotatable bonds is 5. The fourth-order valence-corrected chi connectivity index (χ4v) is 2.46. The number of nitro groups is 1. The first-order chi connectivity index (χ1) is 12.9. The zero-order valence-electron chi connectivity index (χ0n) is 14.7. The molecule has 27 heavy (non-hydrogen) atoms. The third-order valence-electron chi connectivity index (χ3n) is 3.75. The third kappa shape index (κ3) is 4.43. The maximum absolute atomic E-state index is 12.3. The van der Waals surface area contributed by atoms with E-state index in [0.29, 0.717) is 22.8 Å². The predicted molar refractivity (Wildman–Crippen MR) is 99.3 cm³/mol. The molecule has 0 saturated carbocycles. The predicted octanol–water partition coefficient (Wildman–Crippen LogP) is 3.96. The van der Waals surface area contributed by atoms with E-state index in [1.54, 1.807) is 31.2 Å². The van der Waals surface area contributed by atoms with Crippen LogP contribution in [0.15, 0.2) is 54.9 Å². The Bertz CT molecular complexity index is 1020. The number of hydrogen-bond donors (Lipinski definition) is 1. The first-order valence-electron chi connectivity index (χ1n) is 8.05. The van der Waals surface area contributed by atoms with Gasteiger partial charge < -0.3 is 10.1 Å². The second-order valence-electron chi connectivity index (χ2n) is 5.85. The number of anilines is 2. The van der Waals surface area contributed by atoms with Gasteiger partial charge in [0.1, 0.15) is 17.9 Å². The second kappa shape index (κ2) is 7.61. The number of carbonyl (C=O) groups is 1. The number of esters is 1. The lowest BCUT2D eigenvalue weighted by Crippen LogP contribution is -2.09. The van der Waals surface area contributed by atoms with Crippen molar-refractivity contribution in [1.29, 1.82) is 0 Å². The van der Waals surface area contributed by atoms with Crippen LogP contribution in [0.3, 0.4) is 0 Å². The van der Waals surface area contributed by atoms with Gasteiger partial charge in [0.05, 0.1) is 10.5 Å². The lowest BCUT2D eigenvalue weighted by molar-refractivity contribution is -0.385. The number of ether oxygens (including phenoxy) is 1.